The van der Waals surface area contributed by atoms with Gasteiger partial charge in [-0.05, 0) is 41.2 Å². The summed E-state index contributed by atoms with van der Waals surface area (Å²) < 4.78 is 4.68. The largest absolute Gasteiger partial charge is 0.465 e. The molecular formula is C23H26N2O4. The van der Waals surface area contributed by atoms with Crippen molar-refractivity contribution in [2.75, 3.05) is 7.11 Å². The predicted molar refractivity (Wildman–Crippen MR) is 109 cm³/mol. The molecule has 1 saturated heterocycles. The summed E-state index contributed by atoms with van der Waals surface area (Å²) in [5.74, 6) is -0.735. The minimum Gasteiger partial charge on any atom is -0.465 e. The Morgan fingerprint density at radius 1 is 1.03 bits per heavy atom. The van der Waals surface area contributed by atoms with Crippen molar-refractivity contribution >= 4 is 17.9 Å². The van der Waals surface area contributed by atoms with Crippen LogP contribution in [0.5, 0.6) is 0 Å². The lowest BCUT2D eigenvalue weighted by Gasteiger charge is -2.24. The van der Waals surface area contributed by atoms with Crippen LogP contribution in [0.4, 0.5) is 4.79 Å². The van der Waals surface area contributed by atoms with Crippen LogP contribution in [-0.2, 0) is 27.0 Å². The maximum atomic E-state index is 13.1. The van der Waals surface area contributed by atoms with E-state index in [1.54, 1.807) is 31.2 Å². The zero-order valence-corrected chi connectivity index (χ0v) is 17.4. The molecule has 0 spiro atoms. The van der Waals surface area contributed by atoms with Crippen molar-refractivity contribution < 1.29 is 19.1 Å². The van der Waals surface area contributed by atoms with Crippen LogP contribution in [0.25, 0.3) is 0 Å². The highest BCUT2D eigenvalue weighted by molar-refractivity contribution is 6.07. The van der Waals surface area contributed by atoms with Gasteiger partial charge in [-0.25, -0.2) is 9.59 Å². The minimum atomic E-state index is -1.11. The molecule has 0 saturated carbocycles. The van der Waals surface area contributed by atoms with Gasteiger partial charge in [0.1, 0.15) is 5.54 Å². The summed E-state index contributed by atoms with van der Waals surface area (Å²) in [6.45, 7) is 8.22. The fourth-order valence-corrected chi connectivity index (χ4v) is 3.39. The average molecular weight is 394 g/mol. The number of benzene rings is 2. The lowest BCUT2D eigenvalue weighted by Crippen LogP contribution is -2.40. The number of methoxy groups -OCH3 is 1. The van der Waals surface area contributed by atoms with E-state index in [4.69, 9.17) is 0 Å². The number of esters is 1. The van der Waals surface area contributed by atoms with Gasteiger partial charge in [-0.15, -0.1) is 0 Å². The van der Waals surface area contributed by atoms with Gasteiger partial charge in [0.05, 0.1) is 19.2 Å². The van der Waals surface area contributed by atoms with E-state index in [-0.39, 0.29) is 17.9 Å². The number of carbonyl (C=O) groups excluding carboxylic acids is 3. The van der Waals surface area contributed by atoms with E-state index in [0.717, 1.165) is 16.7 Å². The molecule has 2 aromatic carbocycles. The topological polar surface area (TPSA) is 75.7 Å². The molecule has 2 aromatic rings. The number of urea groups is 1. The summed E-state index contributed by atoms with van der Waals surface area (Å²) in [6, 6.07) is 14.0. The third kappa shape index (κ3) is 3.88. The zero-order valence-electron chi connectivity index (χ0n) is 17.4. The van der Waals surface area contributed by atoms with E-state index in [2.05, 4.69) is 30.8 Å². The molecule has 1 aliphatic rings. The smallest absolute Gasteiger partial charge is 0.337 e. The molecule has 0 aromatic heterocycles. The Kier molecular flexibility index (Phi) is 5.22. The van der Waals surface area contributed by atoms with Gasteiger partial charge >= 0.3 is 12.0 Å². The third-order valence-electron chi connectivity index (χ3n) is 5.32. The number of nitrogens with zero attached hydrogens (tertiary/aromatic N) is 1. The summed E-state index contributed by atoms with van der Waals surface area (Å²) in [5, 5.41) is 2.83. The Bertz CT molecular complexity index is 942. The van der Waals surface area contributed by atoms with Gasteiger partial charge in [0, 0.05) is 0 Å². The molecule has 0 bridgehead atoms. The van der Waals surface area contributed by atoms with Gasteiger partial charge in [-0.3, -0.25) is 9.69 Å². The molecule has 3 amide bonds. The van der Waals surface area contributed by atoms with E-state index < -0.39 is 17.5 Å². The number of rotatable bonds is 4. The summed E-state index contributed by atoms with van der Waals surface area (Å²) in [5.41, 5.74) is 1.95. The predicted octanol–water partition coefficient (Wildman–Crippen LogP) is 3.74. The Labute approximate surface area is 170 Å². The van der Waals surface area contributed by atoms with Gasteiger partial charge in [0.15, 0.2) is 0 Å². The molecule has 1 unspecified atom stereocenters. The first-order chi connectivity index (χ1) is 13.6. The molecule has 152 valence electrons. The van der Waals surface area contributed by atoms with Crippen LogP contribution in [0, 0.1) is 0 Å². The molecule has 0 radical (unpaired) electrons. The fourth-order valence-electron chi connectivity index (χ4n) is 3.39. The number of hydrogen-bond acceptors (Lipinski definition) is 4. The number of imide groups is 1. The first-order valence-corrected chi connectivity index (χ1v) is 9.48. The molecule has 1 N–H and O–H groups in total. The van der Waals surface area contributed by atoms with Crippen LogP contribution < -0.4 is 5.32 Å². The van der Waals surface area contributed by atoms with Gasteiger partial charge in [-0.2, -0.15) is 0 Å². The van der Waals surface area contributed by atoms with Gasteiger partial charge in [-0.1, -0.05) is 57.2 Å². The second kappa shape index (κ2) is 7.35. The van der Waals surface area contributed by atoms with E-state index in [9.17, 15) is 14.4 Å². The maximum Gasteiger partial charge on any atom is 0.337 e. The average Bonchev–Trinajstić information content (AvgIpc) is 2.91. The molecule has 1 atom stereocenters. The molecule has 0 aliphatic carbocycles. The van der Waals surface area contributed by atoms with Crippen molar-refractivity contribution in [3.8, 4) is 0 Å². The summed E-state index contributed by atoms with van der Waals surface area (Å²) in [4.78, 5) is 38.4. The highest BCUT2D eigenvalue weighted by Gasteiger charge is 2.48. The maximum absolute atomic E-state index is 13.1. The summed E-state index contributed by atoms with van der Waals surface area (Å²) in [6.07, 6.45) is 0. The van der Waals surface area contributed by atoms with Crippen molar-refractivity contribution in [2.24, 2.45) is 0 Å². The van der Waals surface area contributed by atoms with Crippen LogP contribution in [0.15, 0.2) is 48.5 Å². The monoisotopic (exact) mass is 394 g/mol. The molecule has 1 fully saturated rings. The normalized spacial score (nSPS) is 19.3. The Morgan fingerprint density at radius 2 is 1.62 bits per heavy atom. The first kappa shape index (κ1) is 20.6. The van der Waals surface area contributed by atoms with Crippen LogP contribution in [-0.4, -0.2) is 29.9 Å². The molecule has 29 heavy (non-hydrogen) atoms. The lowest BCUT2D eigenvalue weighted by molar-refractivity contribution is -0.131. The van der Waals surface area contributed by atoms with E-state index in [0.29, 0.717) is 5.56 Å². The number of carbonyl (C=O) groups is 3. The zero-order chi connectivity index (χ0) is 21.4. The Morgan fingerprint density at radius 3 is 2.14 bits per heavy atom. The lowest BCUT2D eigenvalue weighted by atomic mass is 9.84. The summed E-state index contributed by atoms with van der Waals surface area (Å²) in [7, 11) is 1.32. The molecular weight excluding hydrogens is 368 g/mol. The van der Waals surface area contributed by atoms with Crippen molar-refractivity contribution in [2.45, 2.75) is 45.2 Å². The van der Waals surface area contributed by atoms with Gasteiger partial charge in [0.25, 0.3) is 5.91 Å². The van der Waals surface area contributed by atoms with Crippen LogP contribution in [0.1, 0.15) is 54.7 Å². The Balaban J connectivity index is 1.81. The van der Waals surface area contributed by atoms with Crippen LogP contribution in [0.3, 0.4) is 0 Å². The third-order valence-corrected chi connectivity index (χ3v) is 5.32. The van der Waals surface area contributed by atoms with Crippen molar-refractivity contribution in [3.05, 3.63) is 70.8 Å². The Hall–Kier alpha value is -3.15. The SMILES string of the molecule is COC(=O)c1ccc(CN2C(=O)NC(C)(c3ccc(C(C)(C)C)cc3)C2=O)cc1. The van der Waals surface area contributed by atoms with E-state index >= 15 is 0 Å². The number of nitrogens with one attached hydrogen (secondary N) is 1. The van der Waals surface area contributed by atoms with Gasteiger partial charge < -0.3 is 10.1 Å². The first-order valence-electron chi connectivity index (χ1n) is 9.48. The molecule has 1 aliphatic heterocycles. The number of amides is 3. The second-order valence-electron chi connectivity index (χ2n) is 8.46. The number of ether oxygens (including phenoxy) is 1. The van der Waals surface area contributed by atoms with Crippen molar-refractivity contribution in [1.29, 1.82) is 0 Å². The van der Waals surface area contributed by atoms with Crippen LogP contribution in [0.2, 0.25) is 0 Å². The van der Waals surface area contributed by atoms with E-state index in [1.165, 1.54) is 12.0 Å². The molecule has 1 heterocycles. The molecule has 3 rings (SSSR count). The second-order valence-corrected chi connectivity index (χ2v) is 8.46. The molecule has 6 nitrogen and oxygen atoms in total. The quantitative estimate of drug-likeness (QED) is 0.633. The summed E-state index contributed by atoms with van der Waals surface area (Å²) >= 11 is 0. The molecule has 6 heteroatoms. The standard InChI is InChI=1S/C23H26N2O4/c1-22(2,3)17-10-12-18(13-11-17)23(4)20(27)25(21(28)24-23)14-15-6-8-16(9-7-15)19(26)29-5/h6-13H,14H2,1-5H3,(H,24,28). The highest BCUT2D eigenvalue weighted by Crippen LogP contribution is 2.31. The van der Waals surface area contributed by atoms with Crippen molar-refractivity contribution in [1.82, 2.24) is 10.2 Å². The minimum absolute atomic E-state index is 0.00473. The number of hydrogen-bond donors (Lipinski definition) is 1. The highest BCUT2D eigenvalue weighted by atomic mass is 16.5. The van der Waals surface area contributed by atoms with Crippen molar-refractivity contribution in [3.63, 3.8) is 0 Å². The fraction of sp³-hybridized carbons (Fsp3) is 0.348. The van der Waals surface area contributed by atoms with Gasteiger partial charge in [0.2, 0.25) is 0 Å². The van der Waals surface area contributed by atoms with E-state index in [1.807, 2.05) is 24.3 Å². The van der Waals surface area contributed by atoms with Crippen LogP contribution >= 0.6 is 0 Å².